The molecule has 0 aliphatic heterocycles. The highest BCUT2D eigenvalue weighted by Crippen LogP contribution is 2.40. The minimum Gasteiger partial charge on any atom is -0.322 e. The number of halogens is 2. The molecule has 1 aliphatic rings. The maximum Gasteiger partial charge on any atom is 0.248 e. The van der Waals surface area contributed by atoms with Crippen molar-refractivity contribution in [3.05, 3.63) is 48.3 Å². The van der Waals surface area contributed by atoms with Gasteiger partial charge in [-0.3, -0.25) is 0 Å². The van der Waals surface area contributed by atoms with Gasteiger partial charge in [-0.25, -0.2) is 13.5 Å². The summed E-state index contributed by atoms with van der Waals surface area (Å²) in [6.45, 7) is 0. The summed E-state index contributed by atoms with van der Waals surface area (Å²) >= 11 is 0. The van der Waals surface area contributed by atoms with Crippen molar-refractivity contribution in [1.82, 2.24) is 9.78 Å². The van der Waals surface area contributed by atoms with Crippen LogP contribution in [-0.4, -0.2) is 15.7 Å². The van der Waals surface area contributed by atoms with Gasteiger partial charge in [0.1, 0.15) is 0 Å². The Labute approximate surface area is 122 Å². The SMILES string of the molecule is NC(c1ccnn1-c1ccccc1)C1CCC(F)(F)CC1. The minimum atomic E-state index is -2.52. The van der Waals surface area contributed by atoms with Crippen molar-refractivity contribution in [2.24, 2.45) is 11.7 Å². The molecule has 1 unspecified atom stereocenters. The molecule has 2 aromatic rings. The van der Waals surface area contributed by atoms with E-state index in [2.05, 4.69) is 5.10 Å². The fourth-order valence-electron chi connectivity index (χ4n) is 3.01. The normalized spacial score (nSPS) is 20.3. The van der Waals surface area contributed by atoms with Crippen LogP contribution in [0.1, 0.15) is 37.4 Å². The Kier molecular flexibility index (Phi) is 3.76. The molecule has 0 bridgehead atoms. The number of hydrogen-bond donors (Lipinski definition) is 1. The van der Waals surface area contributed by atoms with Crippen LogP contribution in [0.5, 0.6) is 0 Å². The summed E-state index contributed by atoms with van der Waals surface area (Å²) in [5.41, 5.74) is 8.16. The molecule has 1 saturated carbocycles. The molecule has 5 heteroatoms. The molecule has 0 spiro atoms. The summed E-state index contributed by atoms with van der Waals surface area (Å²) in [5, 5.41) is 4.32. The topological polar surface area (TPSA) is 43.8 Å². The van der Waals surface area contributed by atoms with Gasteiger partial charge < -0.3 is 5.73 Å². The first-order valence-electron chi connectivity index (χ1n) is 7.30. The summed E-state index contributed by atoms with van der Waals surface area (Å²) in [5.74, 6) is -2.43. The summed E-state index contributed by atoms with van der Waals surface area (Å²) in [7, 11) is 0. The predicted octanol–water partition coefficient (Wildman–Crippen LogP) is 3.70. The van der Waals surface area contributed by atoms with Gasteiger partial charge in [0.2, 0.25) is 5.92 Å². The third-order valence-corrected chi connectivity index (χ3v) is 4.28. The van der Waals surface area contributed by atoms with Gasteiger partial charge in [0, 0.05) is 25.1 Å². The molecule has 1 aliphatic carbocycles. The fourth-order valence-corrected chi connectivity index (χ4v) is 3.01. The molecule has 1 aromatic carbocycles. The van der Waals surface area contributed by atoms with Crippen molar-refractivity contribution in [3.63, 3.8) is 0 Å². The Bertz CT molecular complexity index is 585. The second-order valence-electron chi connectivity index (χ2n) is 5.72. The highest BCUT2D eigenvalue weighted by Gasteiger charge is 2.37. The lowest BCUT2D eigenvalue weighted by molar-refractivity contribution is -0.0485. The summed E-state index contributed by atoms with van der Waals surface area (Å²) in [4.78, 5) is 0. The Morgan fingerprint density at radius 2 is 1.81 bits per heavy atom. The van der Waals surface area contributed by atoms with E-state index in [1.54, 1.807) is 10.9 Å². The fraction of sp³-hybridized carbons (Fsp3) is 0.438. The van der Waals surface area contributed by atoms with Gasteiger partial charge in [-0.1, -0.05) is 18.2 Å². The second kappa shape index (κ2) is 5.56. The molecule has 0 radical (unpaired) electrons. The third-order valence-electron chi connectivity index (χ3n) is 4.28. The van der Waals surface area contributed by atoms with Gasteiger partial charge in [0.05, 0.1) is 11.4 Å². The van der Waals surface area contributed by atoms with E-state index in [0.717, 1.165) is 11.4 Å². The molecule has 2 N–H and O–H groups in total. The average molecular weight is 291 g/mol. The molecule has 3 rings (SSSR count). The number of para-hydroxylation sites is 1. The van der Waals surface area contributed by atoms with E-state index in [9.17, 15) is 8.78 Å². The maximum atomic E-state index is 13.3. The van der Waals surface area contributed by atoms with Crippen LogP contribution in [0.2, 0.25) is 0 Å². The van der Waals surface area contributed by atoms with Crippen LogP contribution in [-0.2, 0) is 0 Å². The van der Waals surface area contributed by atoms with Crippen LogP contribution in [0, 0.1) is 5.92 Å². The lowest BCUT2D eigenvalue weighted by atomic mass is 9.81. The van der Waals surface area contributed by atoms with Crippen LogP contribution in [0.15, 0.2) is 42.6 Å². The van der Waals surface area contributed by atoms with Crippen LogP contribution in [0.4, 0.5) is 8.78 Å². The van der Waals surface area contributed by atoms with Gasteiger partial charge in [-0.2, -0.15) is 5.10 Å². The molecule has 3 nitrogen and oxygen atoms in total. The first kappa shape index (κ1) is 14.2. The van der Waals surface area contributed by atoms with E-state index in [-0.39, 0.29) is 24.8 Å². The van der Waals surface area contributed by atoms with Gasteiger partial charge >= 0.3 is 0 Å². The Morgan fingerprint density at radius 3 is 2.48 bits per heavy atom. The molecule has 1 fully saturated rings. The quantitative estimate of drug-likeness (QED) is 0.937. The average Bonchev–Trinajstić information content (AvgIpc) is 2.97. The minimum absolute atomic E-state index is 0.0646. The number of rotatable bonds is 3. The van der Waals surface area contributed by atoms with Crippen LogP contribution < -0.4 is 5.73 Å². The van der Waals surface area contributed by atoms with Crippen molar-refractivity contribution in [1.29, 1.82) is 0 Å². The zero-order chi connectivity index (χ0) is 14.9. The zero-order valence-electron chi connectivity index (χ0n) is 11.8. The van der Waals surface area contributed by atoms with Gasteiger partial charge in [-0.15, -0.1) is 0 Å². The zero-order valence-corrected chi connectivity index (χ0v) is 11.8. The monoisotopic (exact) mass is 291 g/mol. The van der Waals surface area contributed by atoms with Crippen LogP contribution in [0.25, 0.3) is 5.69 Å². The van der Waals surface area contributed by atoms with E-state index in [1.807, 2.05) is 36.4 Å². The highest BCUT2D eigenvalue weighted by molar-refractivity contribution is 5.33. The highest BCUT2D eigenvalue weighted by atomic mass is 19.3. The molecule has 1 aromatic heterocycles. The predicted molar refractivity (Wildman–Crippen MR) is 77.4 cm³/mol. The number of alkyl halides is 2. The van der Waals surface area contributed by atoms with Crippen LogP contribution in [0.3, 0.4) is 0 Å². The lowest BCUT2D eigenvalue weighted by Gasteiger charge is -2.32. The van der Waals surface area contributed by atoms with Crippen molar-refractivity contribution in [3.8, 4) is 5.69 Å². The van der Waals surface area contributed by atoms with Crippen molar-refractivity contribution in [2.75, 3.05) is 0 Å². The van der Waals surface area contributed by atoms with E-state index in [1.165, 1.54) is 0 Å². The molecule has 1 heterocycles. The van der Waals surface area contributed by atoms with E-state index in [0.29, 0.717) is 12.8 Å². The molecular formula is C16H19F2N3. The lowest BCUT2D eigenvalue weighted by Crippen LogP contribution is -2.32. The largest absolute Gasteiger partial charge is 0.322 e. The number of nitrogens with two attached hydrogens (primary N) is 1. The van der Waals surface area contributed by atoms with E-state index < -0.39 is 5.92 Å². The third kappa shape index (κ3) is 2.97. The Balaban J connectivity index is 1.80. The summed E-state index contributed by atoms with van der Waals surface area (Å²) < 4.78 is 28.3. The van der Waals surface area contributed by atoms with Crippen molar-refractivity contribution < 1.29 is 8.78 Å². The maximum absolute atomic E-state index is 13.3. The molecule has 0 amide bonds. The molecular weight excluding hydrogens is 272 g/mol. The molecule has 112 valence electrons. The number of benzene rings is 1. The standard InChI is InChI=1S/C16H19F2N3/c17-16(18)9-6-12(7-10-16)15(19)14-8-11-20-21(14)13-4-2-1-3-5-13/h1-5,8,11-12,15H,6-7,9-10,19H2. The Morgan fingerprint density at radius 1 is 1.14 bits per heavy atom. The van der Waals surface area contributed by atoms with Crippen LogP contribution >= 0.6 is 0 Å². The van der Waals surface area contributed by atoms with E-state index in [4.69, 9.17) is 5.73 Å². The molecule has 0 saturated heterocycles. The summed E-state index contributed by atoms with van der Waals surface area (Å²) in [6.07, 6.45) is 2.51. The van der Waals surface area contributed by atoms with Gasteiger partial charge in [-0.05, 0) is 37.0 Å². The number of aromatic nitrogens is 2. The molecule has 21 heavy (non-hydrogen) atoms. The second-order valence-corrected chi connectivity index (χ2v) is 5.72. The van der Waals surface area contributed by atoms with Crippen molar-refractivity contribution in [2.45, 2.75) is 37.6 Å². The number of nitrogens with zero attached hydrogens (tertiary/aromatic N) is 2. The Hall–Kier alpha value is -1.75. The van der Waals surface area contributed by atoms with Crippen molar-refractivity contribution >= 4 is 0 Å². The summed E-state index contributed by atoms with van der Waals surface area (Å²) in [6, 6.07) is 11.3. The van der Waals surface area contributed by atoms with Gasteiger partial charge in [0.25, 0.3) is 0 Å². The number of hydrogen-bond acceptors (Lipinski definition) is 2. The first-order valence-corrected chi connectivity index (χ1v) is 7.30. The van der Waals surface area contributed by atoms with Gasteiger partial charge in [0.15, 0.2) is 0 Å². The van der Waals surface area contributed by atoms with E-state index >= 15 is 0 Å². The molecule has 1 atom stereocenters. The first-order chi connectivity index (χ1) is 10.1. The smallest absolute Gasteiger partial charge is 0.248 e.